The molecule has 0 aromatic heterocycles. The molecule has 0 saturated heterocycles. The van der Waals surface area contributed by atoms with Crippen LogP contribution in [0.1, 0.15) is 188 Å². The van der Waals surface area contributed by atoms with Gasteiger partial charge in [0.2, 0.25) is 0 Å². The molecule has 3 heteroatoms. The van der Waals surface area contributed by atoms with Gasteiger partial charge in [0.05, 0.1) is 5.56 Å². The summed E-state index contributed by atoms with van der Waals surface area (Å²) < 4.78 is 0. The molecule has 0 atom stereocenters. The molecule has 2 N–H and O–H groups in total. The quantitative estimate of drug-likeness (QED) is 0.0880. The molecular weight excluding hydrogens is 673 g/mol. The first kappa shape index (κ1) is 49.2. The van der Waals surface area contributed by atoms with Crippen molar-refractivity contribution in [2.24, 2.45) is 0 Å². The summed E-state index contributed by atoms with van der Waals surface area (Å²) >= 11 is 0. The van der Waals surface area contributed by atoms with Crippen molar-refractivity contribution < 1.29 is 15.0 Å². The molecule has 0 radical (unpaired) electrons. The van der Waals surface area contributed by atoms with Gasteiger partial charge in [-0.05, 0) is 202 Å². The van der Waals surface area contributed by atoms with Crippen LogP contribution in [0.3, 0.4) is 0 Å². The maximum Gasteiger partial charge on any atom is 0.335 e. The molecule has 0 aliphatic rings. The number of rotatable bonds is 27. The third-order valence-electron chi connectivity index (χ3n) is 10.3. The van der Waals surface area contributed by atoms with E-state index in [2.05, 4.69) is 124 Å². The molecule has 0 heterocycles. The Labute approximate surface area is 338 Å². The Bertz CT molecular complexity index is 1590. The first-order valence-electron chi connectivity index (χ1n) is 21.1. The highest BCUT2D eigenvalue weighted by atomic mass is 16.4. The van der Waals surface area contributed by atoms with E-state index in [1.54, 1.807) is 6.07 Å². The fourth-order valence-electron chi connectivity index (χ4n) is 6.39. The number of carboxylic acids is 1. The summed E-state index contributed by atoms with van der Waals surface area (Å²) in [6.07, 6.45) is 39.8. The summed E-state index contributed by atoms with van der Waals surface area (Å²) in [5.74, 6) is -0.836. The van der Waals surface area contributed by atoms with E-state index >= 15 is 0 Å². The number of aromatic carboxylic acids is 1. The molecule has 3 nitrogen and oxygen atoms in total. The van der Waals surface area contributed by atoms with Crippen molar-refractivity contribution in [3.63, 3.8) is 0 Å². The molecule has 0 bridgehead atoms. The standard InChI is InChI=1S/C52H78O3/c1-40(2)19-11-20-41(3)21-12-22-42(4)23-13-24-43(5)25-14-26-44(6)27-15-28-45(7)29-16-30-46(8)31-17-32-47(9)33-18-34-48(10)35-36-49-39-50(52(54)55)37-38-51(49)53/h19,21,23,25,27,29,31,33,35,37-39,53H,11-18,20,22,24,26,28,30,32,34,36H2,1-10H3,(H,54,55)/b41-21+,42-23+,43-25+,44-27+,45-29+,46-31+,47-33+,48-35+. The largest absolute Gasteiger partial charge is 0.508 e. The molecule has 0 unspecified atom stereocenters. The Kier molecular flexibility index (Phi) is 26.3. The SMILES string of the molecule is CC(C)=CCC/C(C)=C/CC/C(C)=C/CC/C(C)=C/CC/C(C)=C/CC/C(C)=C/CC/C(C)=C/CC/C(C)=C/CC/C(C)=C/Cc1cc(C(=O)O)ccc1O. The number of aromatic hydroxyl groups is 1. The Morgan fingerprint density at radius 1 is 0.436 bits per heavy atom. The zero-order chi connectivity index (χ0) is 41.0. The highest BCUT2D eigenvalue weighted by molar-refractivity contribution is 5.88. The van der Waals surface area contributed by atoms with Crippen molar-refractivity contribution in [2.45, 2.75) is 178 Å². The van der Waals surface area contributed by atoms with Crippen molar-refractivity contribution in [1.29, 1.82) is 0 Å². The number of hydrogen-bond donors (Lipinski definition) is 2. The normalized spacial score (nSPS) is 14.1. The minimum atomic E-state index is -0.977. The molecular formula is C52H78O3. The van der Waals surface area contributed by atoms with E-state index in [1.165, 1.54) is 75.1 Å². The molecule has 1 aromatic rings. The number of allylic oxidation sites excluding steroid dienone is 18. The average molecular weight is 751 g/mol. The predicted octanol–water partition coefficient (Wildman–Crippen LogP) is 16.4. The maximum atomic E-state index is 11.2. The van der Waals surface area contributed by atoms with E-state index in [0.717, 1.165) is 89.9 Å². The number of phenolic OH excluding ortho intramolecular Hbond substituents is 1. The molecule has 0 amide bonds. The van der Waals surface area contributed by atoms with Gasteiger partial charge in [0, 0.05) is 0 Å². The van der Waals surface area contributed by atoms with Crippen LogP contribution in [-0.4, -0.2) is 16.2 Å². The number of carboxylic acid groups (broad SMARTS) is 1. The monoisotopic (exact) mass is 751 g/mol. The highest BCUT2D eigenvalue weighted by Gasteiger charge is 2.07. The lowest BCUT2D eigenvalue weighted by Crippen LogP contribution is -1.97. The predicted molar refractivity (Wildman–Crippen MR) is 242 cm³/mol. The fraction of sp³-hybridized carbons (Fsp3) is 0.519. The van der Waals surface area contributed by atoms with Crippen molar-refractivity contribution >= 4 is 5.97 Å². The second-order valence-electron chi connectivity index (χ2n) is 16.3. The van der Waals surface area contributed by atoms with Gasteiger partial charge in [0.15, 0.2) is 0 Å². The van der Waals surface area contributed by atoms with E-state index in [-0.39, 0.29) is 11.3 Å². The zero-order valence-corrected chi connectivity index (χ0v) is 36.8. The van der Waals surface area contributed by atoms with Crippen LogP contribution in [0, 0.1) is 0 Å². The third-order valence-corrected chi connectivity index (χ3v) is 10.3. The number of phenols is 1. The van der Waals surface area contributed by atoms with Crippen molar-refractivity contribution in [2.75, 3.05) is 0 Å². The van der Waals surface area contributed by atoms with Crippen LogP contribution in [0.4, 0.5) is 0 Å². The van der Waals surface area contributed by atoms with Crippen LogP contribution in [0.15, 0.2) is 123 Å². The summed E-state index contributed by atoms with van der Waals surface area (Å²) in [5, 5.41) is 19.3. The smallest absolute Gasteiger partial charge is 0.335 e. The van der Waals surface area contributed by atoms with Crippen LogP contribution >= 0.6 is 0 Å². The first-order valence-corrected chi connectivity index (χ1v) is 21.1. The second-order valence-corrected chi connectivity index (χ2v) is 16.3. The van der Waals surface area contributed by atoms with Crippen LogP contribution in [0.5, 0.6) is 5.75 Å². The molecule has 0 aliphatic carbocycles. The van der Waals surface area contributed by atoms with E-state index < -0.39 is 5.97 Å². The highest BCUT2D eigenvalue weighted by Crippen LogP contribution is 2.22. The lowest BCUT2D eigenvalue weighted by atomic mass is 10.0. The molecule has 0 aliphatic heterocycles. The third kappa shape index (κ3) is 26.6. The van der Waals surface area contributed by atoms with E-state index in [4.69, 9.17) is 0 Å². The average Bonchev–Trinajstić information content (AvgIpc) is 3.11. The van der Waals surface area contributed by atoms with Gasteiger partial charge >= 0.3 is 5.97 Å². The number of benzene rings is 1. The van der Waals surface area contributed by atoms with Gasteiger partial charge in [-0.3, -0.25) is 0 Å². The zero-order valence-electron chi connectivity index (χ0n) is 36.8. The van der Waals surface area contributed by atoms with Gasteiger partial charge < -0.3 is 10.2 Å². The number of hydrogen-bond acceptors (Lipinski definition) is 2. The minimum absolute atomic E-state index is 0.142. The van der Waals surface area contributed by atoms with Crippen LogP contribution in [-0.2, 0) is 6.42 Å². The summed E-state index contributed by atoms with van der Waals surface area (Å²) in [7, 11) is 0. The topological polar surface area (TPSA) is 57.5 Å². The van der Waals surface area contributed by atoms with Gasteiger partial charge in [-0.15, -0.1) is 0 Å². The van der Waals surface area contributed by atoms with Gasteiger partial charge in [-0.25, -0.2) is 4.79 Å². The van der Waals surface area contributed by atoms with E-state index in [9.17, 15) is 15.0 Å². The number of carbonyl (C=O) groups is 1. The summed E-state index contributed by atoms with van der Waals surface area (Å²) in [6, 6.07) is 4.44. The van der Waals surface area contributed by atoms with Crippen molar-refractivity contribution in [3.05, 3.63) is 134 Å². The Hall–Kier alpha value is -3.85. The molecule has 0 spiro atoms. The fourth-order valence-corrected chi connectivity index (χ4v) is 6.39. The second kappa shape index (κ2) is 29.4. The van der Waals surface area contributed by atoms with Gasteiger partial charge in [0.25, 0.3) is 0 Å². The summed E-state index contributed by atoms with van der Waals surface area (Å²) in [5.41, 5.74) is 13.9. The van der Waals surface area contributed by atoms with E-state index in [0.29, 0.717) is 12.0 Å². The molecule has 0 fully saturated rings. The lowest BCUT2D eigenvalue weighted by molar-refractivity contribution is 0.0696. The summed E-state index contributed by atoms with van der Waals surface area (Å²) in [4.78, 5) is 11.2. The van der Waals surface area contributed by atoms with Crippen molar-refractivity contribution in [1.82, 2.24) is 0 Å². The van der Waals surface area contributed by atoms with Gasteiger partial charge in [0.1, 0.15) is 5.75 Å². The molecule has 1 rings (SSSR count). The summed E-state index contributed by atoms with van der Waals surface area (Å²) in [6.45, 7) is 22.3. The van der Waals surface area contributed by atoms with E-state index in [1.807, 2.05) is 0 Å². The molecule has 1 aromatic carbocycles. The van der Waals surface area contributed by atoms with Crippen molar-refractivity contribution in [3.8, 4) is 5.75 Å². The molecule has 0 saturated carbocycles. The first-order chi connectivity index (χ1) is 26.2. The van der Waals surface area contributed by atoms with Crippen LogP contribution < -0.4 is 0 Å². The van der Waals surface area contributed by atoms with Gasteiger partial charge in [-0.1, -0.05) is 105 Å². The lowest BCUT2D eigenvalue weighted by Gasteiger charge is -2.05. The van der Waals surface area contributed by atoms with Gasteiger partial charge in [-0.2, -0.15) is 0 Å². The van der Waals surface area contributed by atoms with Crippen LogP contribution in [0.2, 0.25) is 0 Å². The minimum Gasteiger partial charge on any atom is -0.508 e. The molecule has 304 valence electrons. The maximum absolute atomic E-state index is 11.2. The Morgan fingerprint density at radius 3 is 0.982 bits per heavy atom. The Morgan fingerprint density at radius 2 is 0.709 bits per heavy atom. The molecule has 55 heavy (non-hydrogen) atoms. The Balaban J connectivity index is 2.27. The van der Waals surface area contributed by atoms with Crippen LogP contribution in [0.25, 0.3) is 0 Å².